The number of likely N-dealkylation sites (tertiary alicyclic amines) is 1. The van der Waals surface area contributed by atoms with Gasteiger partial charge >= 0.3 is 0 Å². The molecule has 3 aromatic rings. The summed E-state index contributed by atoms with van der Waals surface area (Å²) in [6, 6.07) is 27.2. The maximum Gasteiger partial charge on any atom is 0.253 e. The zero-order valence-corrected chi connectivity index (χ0v) is 19.7. The van der Waals surface area contributed by atoms with Crippen LogP contribution in [0.5, 0.6) is 0 Å². The van der Waals surface area contributed by atoms with Gasteiger partial charge in [-0.25, -0.2) is 0 Å². The summed E-state index contributed by atoms with van der Waals surface area (Å²) in [5.41, 5.74) is 3.05. The number of hydrogen-bond donors (Lipinski definition) is 0. The summed E-state index contributed by atoms with van der Waals surface area (Å²) in [5.74, 6) is 6.45. The molecule has 0 bridgehead atoms. The number of rotatable bonds is 3. The predicted molar refractivity (Wildman–Crippen MR) is 134 cm³/mol. The first-order chi connectivity index (χ1) is 16.1. The summed E-state index contributed by atoms with van der Waals surface area (Å²) in [5, 5.41) is 0. The first kappa shape index (κ1) is 24.0. The van der Waals surface area contributed by atoms with Crippen molar-refractivity contribution in [3.63, 3.8) is 0 Å². The summed E-state index contributed by atoms with van der Waals surface area (Å²) < 4.78 is 0. The molecule has 33 heavy (non-hydrogen) atoms. The highest BCUT2D eigenvalue weighted by molar-refractivity contribution is 5.95. The fourth-order valence-corrected chi connectivity index (χ4v) is 4.24. The molecule has 0 saturated carbocycles. The van der Waals surface area contributed by atoms with Gasteiger partial charge in [0.05, 0.1) is 5.41 Å². The molecule has 0 N–H and O–H groups in total. The lowest BCUT2D eigenvalue weighted by atomic mass is 9.70. The molecule has 1 saturated heterocycles. The van der Waals surface area contributed by atoms with Gasteiger partial charge in [0.15, 0.2) is 0 Å². The second kappa shape index (κ2) is 11.3. The van der Waals surface area contributed by atoms with Gasteiger partial charge in [0.1, 0.15) is 5.78 Å². The van der Waals surface area contributed by atoms with Crippen LogP contribution in [-0.2, 0) is 10.2 Å². The Kier molecular flexibility index (Phi) is 8.22. The Labute approximate surface area is 197 Å². The topological polar surface area (TPSA) is 37.4 Å². The van der Waals surface area contributed by atoms with Gasteiger partial charge in [0.25, 0.3) is 5.91 Å². The fourth-order valence-electron chi connectivity index (χ4n) is 4.24. The third-order valence-corrected chi connectivity index (χ3v) is 6.16. The highest BCUT2D eigenvalue weighted by Crippen LogP contribution is 2.36. The van der Waals surface area contributed by atoms with E-state index in [9.17, 15) is 9.59 Å². The van der Waals surface area contributed by atoms with E-state index in [4.69, 9.17) is 0 Å². The van der Waals surface area contributed by atoms with E-state index < -0.39 is 5.41 Å². The lowest BCUT2D eigenvalue weighted by molar-refractivity contribution is -0.124. The van der Waals surface area contributed by atoms with Crippen LogP contribution in [0.1, 0.15) is 60.7 Å². The molecule has 0 aromatic heterocycles. The number of carbonyl (C=O) groups is 2. The Morgan fingerprint density at radius 2 is 1.21 bits per heavy atom. The zero-order chi connectivity index (χ0) is 23.7. The van der Waals surface area contributed by atoms with E-state index in [1.165, 1.54) is 0 Å². The Morgan fingerprint density at radius 1 is 0.727 bits per heavy atom. The van der Waals surface area contributed by atoms with Crippen molar-refractivity contribution in [3.05, 3.63) is 107 Å². The summed E-state index contributed by atoms with van der Waals surface area (Å²) in [7, 11) is 0. The zero-order valence-electron chi connectivity index (χ0n) is 19.7. The number of carbonyl (C=O) groups excluding carboxylic acids is 2. The van der Waals surface area contributed by atoms with Gasteiger partial charge in [0.2, 0.25) is 0 Å². The molecule has 3 aromatic carbocycles. The quantitative estimate of drug-likeness (QED) is 0.480. The Hall–Kier alpha value is -3.64. The van der Waals surface area contributed by atoms with Crippen LogP contribution in [0.25, 0.3) is 0 Å². The van der Waals surface area contributed by atoms with Gasteiger partial charge in [-0.2, -0.15) is 0 Å². The Bertz CT molecular complexity index is 1110. The molecule has 0 aliphatic carbocycles. The number of amides is 1. The summed E-state index contributed by atoms with van der Waals surface area (Å²) in [4.78, 5) is 27.4. The molecule has 1 aliphatic rings. The van der Waals surface area contributed by atoms with Crippen LogP contribution < -0.4 is 0 Å². The van der Waals surface area contributed by atoms with Crippen molar-refractivity contribution in [3.8, 4) is 11.8 Å². The lowest BCUT2D eigenvalue weighted by Gasteiger charge is -2.40. The second-order valence-electron chi connectivity index (χ2n) is 7.99. The maximum atomic E-state index is 13.0. The third kappa shape index (κ3) is 5.59. The smallest absolute Gasteiger partial charge is 0.253 e. The van der Waals surface area contributed by atoms with E-state index in [2.05, 4.69) is 11.8 Å². The van der Waals surface area contributed by atoms with Crippen LogP contribution in [0, 0.1) is 11.8 Å². The molecular weight excluding hydrogens is 406 g/mol. The summed E-state index contributed by atoms with van der Waals surface area (Å²) in [6.45, 7) is 6.81. The molecule has 0 spiro atoms. The molecule has 3 heteroatoms. The van der Waals surface area contributed by atoms with E-state index >= 15 is 0 Å². The molecule has 1 aliphatic heterocycles. The van der Waals surface area contributed by atoms with E-state index in [0.29, 0.717) is 31.5 Å². The van der Waals surface area contributed by atoms with Crippen molar-refractivity contribution in [2.24, 2.45) is 0 Å². The Balaban J connectivity index is 0.00000149. The van der Waals surface area contributed by atoms with Gasteiger partial charge in [-0.1, -0.05) is 74.2 Å². The average Bonchev–Trinajstić information content (AvgIpc) is 2.89. The Morgan fingerprint density at radius 3 is 1.73 bits per heavy atom. The van der Waals surface area contributed by atoms with E-state index in [-0.39, 0.29) is 11.7 Å². The third-order valence-electron chi connectivity index (χ3n) is 6.16. The van der Waals surface area contributed by atoms with Crippen molar-refractivity contribution in [2.75, 3.05) is 13.1 Å². The van der Waals surface area contributed by atoms with Gasteiger partial charge in [-0.05, 0) is 61.7 Å². The molecule has 0 radical (unpaired) electrons. The SMILES string of the molecule is CC.CC(=O)C1(c2ccccc2)CCN(C(=O)c2ccc(C#Cc3ccccc3)cc2)CC1. The summed E-state index contributed by atoms with van der Waals surface area (Å²) >= 11 is 0. The second-order valence-corrected chi connectivity index (χ2v) is 7.99. The van der Waals surface area contributed by atoms with Gasteiger partial charge in [-0.15, -0.1) is 0 Å². The minimum absolute atomic E-state index is 0.00721. The number of hydrogen-bond acceptors (Lipinski definition) is 2. The minimum Gasteiger partial charge on any atom is -0.339 e. The van der Waals surface area contributed by atoms with Crippen LogP contribution in [-0.4, -0.2) is 29.7 Å². The average molecular weight is 438 g/mol. The van der Waals surface area contributed by atoms with Crippen molar-refractivity contribution in [2.45, 2.75) is 39.0 Å². The van der Waals surface area contributed by atoms with E-state index in [1.807, 2.05) is 104 Å². The molecule has 0 atom stereocenters. The highest BCUT2D eigenvalue weighted by Gasteiger charge is 2.41. The molecule has 168 valence electrons. The van der Waals surface area contributed by atoms with Gasteiger partial charge in [0, 0.05) is 29.8 Å². The van der Waals surface area contributed by atoms with Crippen molar-refractivity contribution >= 4 is 11.7 Å². The van der Waals surface area contributed by atoms with Crippen molar-refractivity contribution in [1.82, 2.24) is 4.90 Å². The number of piperidine rings is 1. The number of Topliss-reactive ketones (excluding diaryl/α,β-unsaturated/α-hetero) is 1. The van der Waals surface area contributed by atoms with E-state index in [0.717, 1.165) is 16.7 Å². The predicted octanol–water partition coefficient (Wildman–Crippen LogP) is 5.88. The molecule has 1 amide bonds. The lowest BCUT2D eigenvalue weighted by Crippen LogP contribution is -2.48. The molecule has 3 nitrogen and oxygen atoms in total. The van der Waals surface area contributed by atoms with Crippen LogP contribution in [0.4, 0.5) is 0 Å². The maximum absolute atomic E-state index is 13.0. The van der Waals surface area contributed by atoms with Gasteiger partial charge < -0.3 is 4.90 Å². The standard InChI is InChI=1S/C28H25NO2.C2H6/c1-22(30)28(26-10-6-3-7-11-26)18-20-29(21-19-28)27(31)25-16-14-24(15-17-25)13-12-23-8-4-2-5-9-23;1-2/h2-11,14-17H,18-21H2,1H3;1-2H3. The monoisotopic (exact) mass is 437 g/mol. The molecule has 1 fully saturated rings. The van der Waals surface area contributed by atoms with Crippen molar-refractivity contribution < 1.29 is 9.59 Å². The number of ketones is 1. The number of nitrogens with zero attached hydrogens (tertiary/aromatic N) is 1. The molecule has 0 unspecified atom stereocenters. The first-order valence-electron chi connectivity index (χ1n) is 11.6. The molecular formula is C30H31NO2. The summed E-state index contributed by atoms with van der Waals surface area (Å²) in [6.07, 6.45) is 1.30. The largest absolute Gasteiger partial charge is 0.339 e. The van der Waals surface area contributed by atoms with Gasteiger partial charge in [-0.3, -0.25) is 9.59 Å². The van der Waals surface area contributed by atoms with Crippen LogP contribution in [0.15, 0.2) is 84.9 Å². The fraction of sp³-hybridized carbons (Fsp3) is 0.267. The normalized spacial score (nSPS) is 14.2. The minimum atomic E-state index is -0.491. The van der Waals surface area contributed by atoms with Crippen LogP contribution in [0.2, 0.25) is 0 Å². The van der Waals surface area contributed by atoms with Crippen molar-refractivity contribution in [1.29, 1.82) is 0 Å². The number of benzene rings is 3. The van der Waals surface area contributed by atoms with Crippen LogP contribution >= 0.6 is 0 Å². The molecule has 1 heterocycles. The van der Waals surface area contributed by atoms with Crippen LogP contribution in [0.3, 0.4) is 0 Å². The first-order valence-corrected chi connectivity index (χ1v) is 11.6. The molecule has 4 rings (SSSR count). The van der Waals surface area contributed by atoms with E-state index in [1.54, 1.807) is 6.92 Å². The highest BCUT2D eigenvalue weighted by atomic mass is 16.2.